The fourth-order valence-electron chi connectivity index (χ4n) is 10.6. The van der Waals surface area contributed by atoms with Crippen molar-refractivity contribution in [1.29, 1.82) is 0 Å². The standard InChI is InChI=1S/C60H42N2O3.C8H10/c1-37-31-38(2)33-44(32-37)62(54-28-14-27-51-50-26-13-25-47(59(50)65-60(51)54)40-17-7-4-8-18-40)43-29-30-52-55(35-43)64-56-36-53(48-21-9-10-22-49(48)57(52)56)61-42-20-11-19-41(34-42)46-24-12-23-45(58(46)63)39-15-5-3-6-16-39;1-7-4-3-5-8(2)6-7/h3-36,61,63H,1-2H3;3-6H,1-2H3. The lowest BCUT2D eigenvalue weighted by Crippen LogP contribution is -2.10. The molecule has 5 nitrogen and oxygen atoms in total. The van der Waals surface area contributed by atoms with Gasteiger partial charge in [0.1, 0.15) is 22.5 Å². The van der Waals surface area contributed by atoms with Gasteiger partial charge in [-0.3, -0.25) is 0 Å². The Kier molecular flexibility index (Phi) is 11.5. The number of nitrogens with zero attached hydrogens (tertiary/aromatic N) is 1. The van der Waals surface area contributed by atoms with Crippen LogP contribution in [0.25, 0.3) is 88.0 Å². The summed E-state index contributed by atoms with van der Waals surface area (Å²) < 4.78 is 13.9. The van der Waals surface area contributed by atoms with E-state index in [0.29, 0.717) is 0 Å². The lowest BCUT2D eigenvalue weighted by atomic mass is 9.97. The number of nitrogens with one attached hydrogen (secondary N) is 1. The van der Waals surface area contributed by atoms with E-state index in [-0.39, 0.29) is 5.75 Å². The van der Waals surface area contributed by atoms with Crippen LogP contribution in [0.4, 0.5) is 28.4 Å². The zero-order valence-corrected chi connectivity index (χ0v) is 41.2. The van der Waals surface area contributed by atoms with Crippen LogP contribution in [0.1, 0.15) is 22.3 Å². The molecule has 2 heterocycles. The summed E-state index contributed by atoms with van der Waals surface area (Å²) in [4.78, 5) is 2.30. The Morgan fingerprint density at radius 1 is 0.370 bits per heavy atom. The minimum Gasteiger partial charge on any atom is -0.507 e. The first kappa shape index (κ1) is 44.9. The number of furan rings is 2. The Bertz CT molecular complexity index is 4150. The Morgan fingerprint density at radius 3 is 1.64 bits per heavy atom. The monoisotopic (exact) mass is 944 g/mol. The minimum absolute atomic E-state index is 0.256. The Labute approximate surface area is 424 Å². The van der Waals surface area contributed by atoms with Gasteiger partial charge in [-0.2, -0.15) is 0 Å². The van der Waals surface area contributed by atoms with E-state index < -0.39 is 0 Å². The zero-order valence-electron chi connectivity index (χ0n) is 41.2. The van der Waals surface area contributed by atoms with Crippen LogP contribution in [0.2, 0.25) is 0 Å². The molecule has 5 heteroatoms. The molecule has 2 aromatic heterocycles. The second-order valence-corrected chi connectivity index (χ2v) is 19.0. The van der Waals surface area contributed by atoms with Crippen molar-refractivity contribution in [3.63, 3.8) is 0 Å². The highest BCUT2D eigenvalue weighted by molar-refractivity contribution is 6.22. The van der Waals surface area contributed by atoms with Crippen LogP contribution in [0, 0.1) is 27.7 Å². The van der Waals surface area contributed by atoms with E-state index in [1.165, 1.54) is 22.3 Å². The molecule has 2 N–H and O–H groups in total. The topological polar surface area (TPSA) is 61.8 Å². The van der Waals surface area contributed by atoms with Crippen molar-refractivity contribution >= 4 is 83.1 Å². The molecule has 0 aliphatic carbocycles. The molecule has 0 saturated heterocycles. The summed E-state index contributed by atoms with van der Waals surface area (Å²) >= 11 is 0. The van der Waals surface area contributed by atoms with E-state index in [2.05, 4.69) is 202 Å². The third-order valence-corrected chi connectivity index (χ3v) is 13.8. The summed E-state index contributed by atoms with van der Waals surface area (Å²) in [7, 11) is 0. The molecule has 0 spiro atoms. The van der Waals surface area contributed by atoms with Crippen molar-refractivity contribution in [3.05, 3.63) is 253 Å². The number of benzene rings is 11. The molecule has 352 valence electrons. The molecule has 0 aliphatic rings. The molecule has 13 rings (SSSR count). The summed E-state index contributed by atoms with van der Waals surface area (Å²) in [6.45, 7) is 8.50. The van der Waals surface area contributed by atoms with Crippen molar-refractivity contribution < 1.29 is 13.9 Å². The van der Waals surface area contributed by atoms with Crippen LogP contribution in [0.5, 0.6) is 5.75 Å². The average molecular weight is 945 g/mol. The largest absolute Gasteiger partial charge is 0.507 e. The van der Waals surface area contributed by atoms with Gasteiger partial charge in [0.2, 0.25) is 0 Å². The summed E-state index contributed by atoms with van der Waals surface area (Å²) in [5, 5.41) is 21.6. The van der Waals surface area contributed by atoms with Crippen LogP contribution in [-0.4, -0.2) is 5.11 Å². The third kappa shape index (κ3) is 8.51. The van der Waals surface area contributed by atoms with Crippen LogP contribution < -0.4 is 10.2 Å². The number of hydrogen-bond acceptors (Lipinski definition) is 5. The molecule has 0 saturated carbocycles. The summed E-state index contributed by atoms with van der Waals surface area (Å²) in [6.07, 6.45) is 0. The van der Waals surface area contributed by atoms with Crippen LogP contribution in [-0.2, 0) is 0 Å². The van der Waals surface area contributed by atoms with Gasteiger partial charge in [0.05, 0.1) is 17.1 Å². The van der Waals surface area contributed by atoms with Gasteiger partial charge in [-0.25, -0.2) is 0 Å². The van der Waals surface area contributed by atoms with Crippen LogP contribution in [0.15, 0.2) is 239 Å². The van der Waals surface area contributed by atoms with E-state index in [1.807, 2.05) is 66.7 Å². The second kappa shape index (κ2) is 18.8. The fourth-order valence-corrected chi connectivity index (χ4v) is 10.6. The molecule has 0 unspecified atom stereocenters. The summed E-state index contributed by atoms with van der Waals surface area (Å²) in [6, 6.07) is 79.6. The van der Waals surface area contributed by atoms with Gasteiger partial charge in [0, 0.05) is 67.1 Å². The molecule has 0 bridgehead atoms. The molecular weight excluding hydrogens is 893 g/mol. The van der Waals surface area contributed by atoms with Gasteiger partial charge < -0.3 is 24.2 Å². The normalized spacial score (nSPS) is 11.3. The van der Waals surface area contributed by atoms with Gasteiger partial charge in [-0.05, 0) is 103 Å². The lowest BCUT2D eigenvalue weighted by Gasteiger charge is -2.26. The molecule has 0 amide bonds. The molecule has 0 radical (unpaired) electrons. The molecule has 11 aromatic carbocycles. The highest BCUT2D eigenvalue weighted by atomic mass is 16.3. The highest BCUT2D eigenvalue weighted by Gasteiger charge is 2.23. The number of anilines is 5. The summed E-state index contributed by atoms with van der Waals surface area (Å²) in [5.74, 6) is 0.256. The SMILES string of the molecule is Cc1cc(C)cc(N(c2ccc3c(c2)oc2cc(Nc4cccc(-c5cccc(-c6ccccc6)c5O)c4)c4ccccc4c23)c2cccc3c2oc2c(-c4ccccc4)cccc23)c1.Cc1cccc(C)c1. The molecule has 0 atom stereocenters. The predicted octanol–water partition coefficient (Wildman–Crippen LogP) is 19.5. The number of fused-ring (bicyclic) bond motifs is 8. The van der Waals surface area contributed by atoms with Gasteiger partial charge in [0.15, 0.2) is 5.58 Å². The maximum atomic E-state index is 11.5. The van der Waals surface area contributed by atoms with E-state index >= 15 is 0 Å². The van der Waals surface area contributed by atoms with Crippen molar-refractivity contribution in [3.8, 4) is 39.1 Å². The Balaban J connectivity index is 0.000000622. The van der Waals surface area contributed by atoms with E-state index in [4.69, 9.17) is 8.83 Å². The van der Waals surface area contributed by atoms with Gasteiger partial charge in [-0.1, -0.05) is 187 Å². The van der Waals surface area contributed by atoms with Crippen molar-refractivity contribution in [2.45, 2.75) is 27.7 Å². The first-order valence-corrected chi connectivity index (χ1v) is 24.8. The van der Waals surface area contributed by atoms with E-state index in [0.717, 1.165) is 116 Å². The summed E-state index contributed by atoms with van der Waals surface area (Å²) in [5.41, 5.74) is 18.7. The average Bonchev–Trinajstić information content (AvgIpc) is 3.98. The number of hydrogen-bond donors (Lipinski definition) is 2. The first-order valence-electron chi connectivity index (χ1n) is 24.8. The number of phenolic OH excluding ortho intramolecular Hbond substituents is 1. The minimum atomic E-state index is 0.256. The van der Waals surface area contributed by atoms with Crippen molar-refractivity contribution in [2.75, 3.05) is 10.2 Å². The van der Waals surface area contributed by atoms with E-state index in [1.54, 1.807) is 0 Å². The first-order chi connectivity index (χ1) is 35.7. The molecule has 73 heavy (non-hydrogen) atoms. The predicted molar refractivity (Wildman–Crippen MR) is 306 cm³/mol. The van der Waals surface area contributed by atoms with Crippen molar-refractivity contribution in [2.24, 2.45) is 0 Å². The molecule has 0 fully saturated rings. The van der Waals surface area contributed by atoms with Crippen LogP contribution in [0.3, 0.4) is 0 Å². The molecular formula is C68H52N2O3. The zero-order chi connectivity index (χ0) is 49.6. The molecule has 0 aliphatic heterocycles. The van der Waals surface area contributed by atoms with Gasteiger partial charge in [0.25, 0.3) is 0 Å². The smallest absolute Gasteiger partial charge is 0.159 e. The van der Waals surface area contributed by atoms with Crippen LogP contribution >= 0.6 is 0 Å². The maximum absolute atomic E-state index is 11.5. The number of aryl methyl sites for hydroxylation is 4. The number of phenols is 1. The van der Waals surface area contributed by atoms with Gasteiger partial charge in [-0.15, -0.1) is 0 Å². The van der Waals surface area contributed by atoms with Crippen molar-refractivity contribution in [1.82, 2.24) is 0 Å². The fraction of sp³-hybridized carbons (Fsp3) is 0.0588. The number of para-hydroxylation sites is 3. The van der Waals surface area contributed by atoms with Gasteiger partial charge >= 0.3 is 0 Å². The Morgan fingerprint density at radius 2 is 0.932 bits per heavy atom. The third-order valence-electron chi connectivity index (χ3n) is 13.8. The number of aromatic hydroxyl groups is 1. The highest BCUT2D eigenvalue weighted by Crippen LogP contribution is 2.47. The maximum Gasteiger partial charge on any atom is 0.159 e. The van der Waals surface area contributed by atoms with E-state index in [9.17, 15) is 5.11 Å². The molecule has 13 aromatic rings. The lowest BCUT2D eigenvalue weighted by molar-refractivity contribution is 0.479. The quantitative estimate of drug-likeness (QED) is 0.159. The Hall–Kier alpha value is -9.32. The number of rotatable bonds is 8. The second-order valence-electron chi connectivity index (χ2n) is 19.0.